The summed E-state index contributed by atoms with van der Waals surface area (Å²) in [5.41, 5.74) is 0.899. The highest BCUT2D eigenvalue weighted by atomic mass is 16.5. The maximum Gasteiger partial charge on any atom is 0.332 e. The number of nitrogens with one attached hydrogen (secondary N) is 2. The number of nitrogens with zero attached hydrogens (tertiary/aromatic N) is 1. The normalized spacial score (nSPS) is 21.9. The zero-order valence-electron chi connectivity index (χ0n) is 22.4. The largest absolute Gasteiger partial charge is 0.459 e. The number of rotatable bonds is 12. The van der Waals surface area contributed by atoms with Gasteiger partial charge in [-0.3, -0.25) is 14.5 Å². The standard InChI is InChI=1S/C30H39N3O5/c1-22(2)25-19-30(25,29(36)38-21-24-11-7-4-8-12-24)32-28(35)26(14-13-23-9-5-3-6-10-23)31-27(34)20-33-15-17-37-18-16-33/h3-12,22,25-26H,13-21H2,1-2H3,(H,31,34)(H,32,35)/t25?,26-,30?/m0/s1. The van der Waals surface area contributed by atoms with Gasteiger partial charge in [-0.05, 0) is 42.2 Å². The lowest BCUT2D eigenvalue weighted by atomic mass is 10.0. The minimum atomic E-state index is -1.07. The van der Waals surface area contributed by atoms with Crippen molar-refractivity contribution >= 4 is 17.8 Å². The predicted molar refractivity (Wildman–Crippen MR) is 144 cm³/mol. The maximum atomic E-state index is 13.6. The molecule has 2 N–H and O–H groups in total. The Morgan fingerprint density at radius 1 is 1.00 bits per heavy atom. The Morgan fingerprint density at radius 3 is 2.24 bits per heavy atom. The second-order valence-electron chi connectivity index (χ2n) is 10.6. The van der Waals surface area contributed by atoms with Gasteiger partial charge < -0.3 is 20.1 Å². The van der Waals surface area contributed by atoms with Gasteiger partial charge in [0.05, 0.1) is 19.8 Å². The molecule has 4 rings (SSSR count). The van der Waals surface area contributed by atoms with Crippen molar-refractivity contribution in [2.24, 2.45) is 11.8 Å². The summed E-state index contributed by atoms with van der Waals surface area (Å²) in [7, 11) is 0. The van der Waals surface area contributed by atoms with Crippen LogP contribution in [0, 0.1) is 11.8 Å². The van der Waals surface area contributed by atoms with Crippen LogP contribution in [0.4, 0.5) is 0 Å². The summed E-state index contributed by atoms with van der Waals surface area (Å²) >= 11 is 0. The molecular formula is C30H39N3O5. The molecule has 38 heavy (non-hydrogen) atoms. The molecule has 1 heterocycles. The van der Waals surface area contributed by atoms with Crippen LogP contribution in [0.5, 0.6) is 0 Å². The number of carbonyl (C=O) groups excluding carboxylic acids is 3. The van der Waals surface area contributed by atoms with E-state index in [-0.39, 0.29) is 36.8 Å². The van der Waals surface area contributed by atoms with Crippen molar-refractivity contribution in [2.75, 3.05) is 32.8 Å². The molecule has 1 aliphatic heterocycles. The third-order valence-corrected chi connectivity index (χ3v) is 7.43. The third kappa shape index (κ3) is 7.42. The summed E-state index contributed by atoms with van der Waals surface area (Å²) in [6.45, 7) is 6.99. The summed E-state index contributed by atoms with van der Waals surface area (Å²) in [5, 5.41) is 5.96. The summed E-state index contributed by atoms with van der Waals surface area (Å²) in [6, 6.07) is 18.6. The molecule has 2 aromatic carbocycles. The highest BCUT2D eigenvalue weighted by molar-refractivity contribution is 5.95. The van der Waals surface area contributed by atoms with Crippen LogP contribution in [0.3, 0.4) is 0 Å². The van der Waals surface area contributed by atoms with E-state index in [4.69, 9.17) is 9.47 Å². The number of amides is 2. The van der Waals surface area contributed by atoms with E-state index >= 15 is 0 Å². The number of aryl methyl sites for hydroxylation is 1. The lowest BCUT2D eigenvalue weighted by molar-refractivity contribution is -0.151. The SMILES string of the molecule is CC(C)C1CC1(NC(=O)[C@H](CCc1ccccc1)NC(=O)CN1CCOCC1)C(=O)OCc1ccccc1. The van der Waals surface area contributed by atoms with Crippen LogP contribution in [0.1, 0.15) is 37.8 Å². The van der Waals surface area contributed by atoms with Gasteiger partial charge in [0.1, 0.15) is 18.2 Å². The Kier molecular flexibility index (Phi) is 9.53. The van der Waals surface area contributed by atoms with Crippen molar-refractivity contribution in [1.82, 2.24) is 15.5 Å². The van der Waals surface area contributed by atoms with Gasteiger partial charge >= 0.3 is 5.97 Å². The molecule has 1 aliphatic carbocycles. The molecule has 2 amide bonds. The quantitative estimate of drug-likeness (QED) is 0.417. The first-order valence-corrected chi connectivity index (χ1v) is 13.5. The Balaban J connectivity index is 1.43. The predicted octanol–water partition coefficient (Wildman–Crippen LogP) is 2.71. The molecule has 0 bridgehead atoms. The van der Waals surface area contributed by atoms with E-state index < -0.39 is 17.6 Å². The molecule has 1 saturated heterocycles. The number of benzene rings is 2. The highest BCUT2D eigenvalue weighted by Gasteiger charge is 2.63. The molecule has 0 spiro atoms. The Bertz CT molecular complexity index is 1070. The fourth-order valence-corrected chi connectivity index (χ4v) is 5.11. The van der Waals surface area contributed by atoms with Crippen molar-refractivity contribution in [3.05, 3.63) is 71.8 Å². The number of hydrogen-bond donors (Lipinski definition) is 2. The number of esters is 1. The fraction of sp³-hybridized carbons (Fsp3) is 0.500. The molecule has 8 heteroatoms. The van der Waals surface area contributed by atoms with Gasteiger partial charge in [-0.1, -0.05) is 74.5 Å². The maximum absolute atomic E-state index is 13.6. The Morgan fingerprint density at radius 2 is 1.63 bits per heavy atom. The van der Waals surface area contributed by atoms with Gasteiger partial charge in [0, 0.05) is 13.1 Å². The summed E-state index contributed by atoms with van der Waals surface area (Å²) in [4.78, 5) is 41.9. The minimum Gasteiger partial charge on any atom is -0.459 e. The average Bonchev–Trinajstić information content (AvgIpc) is 3.67. The molecular weight excluding hydrogens is 482 g/mol. The van der Waals surface area contributed by atoms with Crippen molar-refractivity contribution < 1.29 is 23.9 Å². The summed E-state index contributed by atoms with van der Waals surface area (Å²) in [6.07, 6.45) is 1.57. The van der Waals surface area contributed by atoms with E-state index in [0.717, 1.165) is 11.1 Å². The van der Waals surface area contributed by atoms with Gasteiger partial charge in [-0.15, -0.1) is 0 Å². The van der Waals surface area contributed by atoms with Crippen LogP contribution in [-0.2, 0) is 36.9 Å². The zero-order chi connectivity index (χ0) is 27.0. The smallest absolute Gasteiger partial charge is 0.332 e. The lowest BCUT2D eigenvalue weighted by Crippen LogP contribution is -2.55. The van der Waals surface area contributed by atoms with Gasteiger partial charge in [0.25, 0.3) is 0 Å². The van der Waals surface area contributed by atoms with Crippen LogP contribution >= 0.6 is 0 Å². The number of ether oxygens (including phenoxy) is 2. The molecule has 0 aromatic heterocycles. The van der Waals surface area contributed by atoms with Gasteiger partial charge in [0.15, 0.2) is 0 Å². The van der Waals surface area contributed by atoms with Crippen molar-refractivity contribution in [1.29, 1.82) is 0 Å². The van der Waals surface area contributed by atoms with Crippen molar-refractivity contribution in [3.8, 4) is 0 Å². The van der Waals surface area contributed by atoms with Crippen LogP contribution < -0.4 is 10.6 Å². The van der Waals surface area contributed by atoms with E-state index in [9.17, 15) is 14.4 Å². The molecule has 2 unspecified atom stereocenters. The lowest BCUT2D eigenvalue weighted by Gasteiger charge is -2.28. The monoisotopic (exact) mass is 521 g/mol. The van der Waals surface area contributed by atoms with E-state index in [1.807, 2.05) is 79.4 Å². The molecule has 0 radical (unpaired) electrons. The van der Waals surface area contributed by atoms with Crippen molar-refractivity contribution in [2.45, 2.75) is 51.3 Å². The molecule has 2 aliphatic rings. The zero-order valence-corrected chi connectivity index (χ0v) is 22.4. The van der Waals surface area contributed by atoms with E-state index in [0.29, 0.717) is 45.6 Å². The second kappa shape index (κ2) is 13.0. The first-order chi connectivity index (χ1) is 18.4. The van der Waals surface area contributed by atoms with Crippen LogP contribution in [0.2, 0.25) is 0 Å². The summed E-state index contributed by atoms with van der Waals surface area (Å²) < 4.78 is 11.0. The molecule has 8 nitrogen and oxygen atoms in total. The van der Waals surface area contributed by atoms with Crippen molar-refractivity contribution in [3.63, 3.8) is 0 Å². The van der Waals surface area contributed by atoms with Crippen LogP contribution in [0.15, 0.2) is 60.7 Å². The van der Waals surface area contributed by atoms with E-state index in [1.54, 1.807) is 0 Å². The molecule has 2 aromatic rings. The topological polar surface area (TPSA) is 97.0 Å². The Hall–Kier alpha value is -3.23. The average molecular weight is 522 g/mol. The number of morpholine rings is 1. The minimum absolute atomic E-state index is 0.0199. The van der Waals surface area contributed by atoms with Gasteiger partial charge in [-0.25, -0.2) is 4.79 Å². The first kappa shape index (κ1) is 27.8. The fourth-order valence-electron chi connectivity index (χ4n) is 5.11. The van der Waals surface area contributed by atoms with Crippen LogP contribution in [-0.4, -0.2) is 67.1 Å². The Labute approximate surface area is 225 Å². The first-order valence-electron chi connectivity index (χ1n) is 13.5. The summed E-state index contributed by atoms with van der Waals surface area (Å²) in [5.74, 6) is -0.810. The number of carbonyl (C=O) groups is 3. The number of hydrogen-bond acceptors (Lipinski definition) is 6. The third-order valence-electron chi connectivity index (χ3n) is 7.43. The van der Waals surface area contributed by atoms with Crippen LogP contribution in [0.25, 0.3) is 0 Å². The molecule has 3 atom stereocenters. The molecule has 204 valence electrons. The van der Waals surface area contributed by atoms with Gasteiger partial charge in [-0.2, -0.15) is 0 Å². The molecule has 2 fully saturated rings. The van der Waals surface area contributed by atoms with E-state index in [2.05, 4.69) is 10.6 Å². The van der Waals surface area contributed by atoms with Gasteiger partial charge in [0.2, 0.25) is 11.8 Å². The second-order valence-corrected chi connectivity index (χ2v) is 10.6. The van der Waals surface area contributed by atoms with E-state index in [1.165, 1.54) is 0 Å². The molecule has 1 saturated carbocycles. The highest BCUT2D eigenvalue weighted by Crippen LogP contribution is 2.49.